The van der Waals surface area contributed by atoms with Gasteiger partial charge in [0.2, 0.25) is 0 Å². The van der Waals surface area contributed by atoms with Crippen molar-refractivity contribution >= 4 is 0 Å². The Labute approximate surface area is 183 Å². The van der Waals surface area contributed by atoms with Crippen LogP contribution >= 0.6 is 0 Å². The number of nitrogens with zero attached hydrogens (tertiary/aromatic N) is 1. The minimum atomic E-state index is -0.170. The van der Waals surface area contributed by atoms with Crippen LogP contribution in [0.5, 0.6) is 0 Å². The zero-order chi connectivity index (χ0) is 21.0. The average molecular weight is 410 g/mol. The number of unbranched alkanes of at least 4 members (excludes halogenated alkanes) is 2. The third-order valence-corrected chi connectivity index (χ3v) is 7.70. The van der Waals surface area contributed by atoms with Gasteiger partial charge in [0.1, 0.15) is 0 Å². The van der Waals surface area contributed by atoms with Gasteiger partial charge in [-0.1, -0.05) is 50.0 Å². The van der Waals surface area contributed by atoms with E-state index in [-0.39, 0.29) is 6.67 Å². The summed E-state index contributed by atoms with van der Waals surface area (Å²) < 4.78 is 12.1. The minimum Gasteiger partial charge on any atom is -0.251 e. The number of halogens is 1. The van der Waals surface area contributed by atoms with Crippen molar-refractivity contribution in [1.82, 2.24) is 0 Å². The zero-order valence-corrected chi connectivity index (χ0v) is 18.7. The van der Waals surface area contributed by atoms with Crippen LogP contribution in [-0.4, -0.2) is 6.67 Å². The second kappa shape index (κ2) is 12.9. The molecule has 0 radical (unpaired) electrons. The van der Waals surface area contributed by atoms with Gasteiger partial charge in [-0.2, -0.15) is 5.26 Å². The van der Waals surface area contributed by atoms with Crippen molar-refractivity contribution in [3.8, 4) is 6.07 Å². The molecule has 0 bridgehead atoms. The maximum absolute atomic E-state index is 12.1. The molecule has 164 valence electrons. The van der Waals surface area contributed by atoms with Gasteiger partial charge in [-0.15, -0.1) is 0 Å². The summed E-state index contributed by atoms with van der Waals surface area (Å²) in [4.78, 5) is 0. The maximum Gasteiger partial charge on any atom is 0.0991 e. The highest BCUT2D eigenvalue weighted by molar-refractivity contribution is 5.33. The van der Waals surface area contributed by atoms with E-state index in [2.05, 4.69) is 30.4 Å². The van der Waals surface area contributed by atoms with Crippen LogP contribution in [-0.2, 0) is 0 Å². The topological polar surface area (TPSA) is 23.8 Å². The molecule has 0 N–H and O–H groups in total. The third-order valence-electron chi connectivity index (χ3n) is 7.70. The SMILES string of the molecule is N#Cc1ccc(C2CCC(CC[C@H]3CC[C@H](C/C=C/CCCCF)CC3)CC2)cc1. The van der Waals surface area contributed by atoms with E-state index in [1.807, 2.05) is 12.1 Å². The zero-order valence-electron chi connectivity index (χ0n) is 18.7. The predicted molar refractivity (Wildman–Crippen MR) is 124 cm³/mol. The molecule has 0 aliphatic heterocycles. The lowest BCUT2D eigenvalue weighted by atomic mass is 9.74. The van der Waals surface area contributed by atoms with Gasteiger partial charge in [-0.25, -0.2) is 0 Å². The number of alkyl halides is 1. The Kier molecular flexibility index (Phi) is 9.94. The molecule has 2 saturated carbocycles. The lowest BCUT2D eigenvalue weighted by Crippen LogP contribution is -2.17. The number of hydrogen-bond donors (Lipinski definition) is 0. The normalized spacial score (nSPS) is 27.2. The Bertz CT molecular complexity index is 655. The van der Waals surface area contributed by atoms with Crippen molar-refractivity contribution in [3.63, 3.8) is 0 Å². The first-order valence-corrected chi connectivity index (χ1v) is 12.5. The molecule has 2 aliphatic carbocycles. The van der Waals surface area contributed by atoms with Gasteiger partial charge in [0, 0.05) is 0 Å². The predicted octanol–water partition coefficient (Wildman–Crippen LogP) is 8.50. The van der Waals surface area contributed by atoms with Crippen LogP contribution in [0.1, 0.15) is 107 Å². The lowest BCUT2D eigenvalue weighted by molar-refractivity contribution is 0.231. The smallest absolute Gasteiger partial charge is 0.0991 e. The Balaban J connectivity index is 1.27. The standard InChI is InChI=1S/C28H40FN/c29-21-5-3-1-2-4-6-23-7-9-24(10-8-23)11-12-25-13-17-27(18-14-25)28-19-15-26(22-30)16-20-28/h2,4,15-16,19-20,23-25,27H,1,3,5-14,17-18,21H2/b4-2+/t23-,24-,25?,27?. The molecule has 2 heteroatoms. The Morgan fingerprint density at radius 1 is 0.800 bits per heavy atom. The molecule has 1 aromatic rings. The van der Waals surface area contributed by atoms with Crippen molar-refractivity contribution in [1.29, 1.82) is 5.26 Å². The Morgan fingerprint density at radius 2 is 1.40 bits per heavy atom. The molecular weight excluding hydrogens is 369 g/mol. The molecule has 0 heterocycles. The molecule has 0 amide bonds. The summed E-state index contributed by atoms with van der Waals surface area (Å²) in [7, 11) is 0. The van der Waals surface area contributed by atoms with Crippen molar-refractivity contribution in [3.05, 3.63) is 47.5 Å². The van der Waals surface area contributed by atoms with Crippen molar-refractivity contribution in [2.75, 3.05) is 6.67 Å². The molecule has 1 aromatic carbocycles. The summed E-state index contributed by atoms with van der Waals surface area (Å²) in [5.74, 6) is 3.49. The summed E-state index contributed by atoms with van der Waals surface area (Å²) in [6.07, 6.45) is 22.6. The van der Waals surface area contributed by atoms with E-state index < -0.39 is 0 Å². The highest BCUT2D eigenvalue weighted by Crippen LogP contribution is 2.40. The monoisotopic (exact) mass is 409 g/mol. The molecule has 2 fully saturated rings. The molecule has 3 rings (SSSR count). The molecule has 2 aliphatic rings. The van der Waals surface area contributed by atoms with Gasteiger partial charge >= 0.3 is 0 Å². The lowest BCUT2D eigenvalue weighted by Gasteiger charge is -2.32. The fourth-order valence-electron chi connectivity index (χ4n) is 5.60. The third kappa shape index (κ3) is 7.57. The van der Waals surface area contributed by atoms with Gasteiger partial charge in [0.15, 0.2) is 0 Å². The number of rotatable bonds is 10. The fraction of sp³-hybridized carbons (Fsp3) is 0.679. The summed E-state index contributed by atoms with van der Waals surface area (Å²) in [6.45, 7) is -0.170. The van der Waals surface area contributed by atoms with Crippen LogP contribution in [0.3, 0.4) is 0 Å². The van der Waals surface area contributed by atoms with E-state index in [0.29, 0.717) is 12.3 Å². The van der Waals surface area contributed by atoms with Gasteiger partial charge in [0.05, 0.1) is 18.3 Å². The quantitative estimate of drug-likeness (QED) is 0.281. The average Bonchev–Trinajstić information content (AvgIpc) is 2.81. The van der Waals surface area contributed by atoms with E-state index in [0.717, 1.165) is 36.2 Å². The van der Waals surface area contributed by atoms with Crippen LogP contribution < -0.4 is 0 Å². The molecule has 0 atom stereocenters. The van der Waals surface area contributed by atoms with E-state index in [1.54, 1.807) is 0 Å². The highest BCUT2D eigenvalue weighted by Gasteiger charge is 2.25. The highest BCUT2D eigenvalue weighted by atomic mass is 19.1. The van der Waals surface area contributed by atoms with Crippen LogP contribution in [0.4, 0.5) is 4.39 Å². The fourth-order valence-corrected chi connectivity index (χ4v) is 5.60. The molecule has 1 nitrogen and oxygen atoms in total. The Morgan fingerprint density at radius 3 is 2.00 bits per heavy atom. The van der Waals surface area contributed by atoms with Crippen LogP contribution in [0.15, 0.2) is 36.4 Å². The molecule has 0 unspecified atom stereocenters. The van der Waals surface area contributed by atoms with E-state index in [4.69, 9.17) is 5.26 Å². The molecule has 30 heavy (non-hydrogen) atoms. The summed E-state index contributed by atoms with van der Waals surface area (Å²) in [6, 6.07) is 10.5. The Hall–Kier alpha value is -1.62. The van der Waals surface area contributed by atoms with Crippen molar-refractivity contribution in [2.45, 2.75) is 95.8 Å². The maximum atomic E-state index is 12.1. The van der Waals surface area contributed by atoms with E-state index in [1.165, 1.54) is 76.2 Å². The number of benzene rings is 1. The van der Waals surface area contributed by atoms with Crippen molar-refractivity contribution < 1.29 is 4.39 Å². The van der Waals surface area contributed by atoms with Crippen LogP contribution in [0.2, 0.25) is 0 Å². The van der Waals surface area contributed by atoms with Gasteiger partial charge < -0.3 is 0 Å². The molecular formula is C28H40FN. The van der Waals surface area contributed by atoms with E-state index >= 15 is 0 Å². The first kappa shape index (κ1) is 23.1. The molecule has 0 saturated heterocycles. The van der Waals surface area contributed by atoms with E-state index in [9.17, 15) is 4.39 Å². The molecule has 0 aromatic heterocycles. The van der Waals surface area contributed by atoms with Gasteiger partial charge in [-0.05, 0) is 106 Å². The van der Waals surface area contributed by atoms with Crippen molar-refractivity contribution in [2.24, 2.45) is 17.8 Å². The minimum absolute atomic E-state index is 0.170. The number of allylic oxidation sites excluding steroid dienone is 2. The number of hydrogen-bond acceptors (Lipinski definition) is 1. The van der Waals surface area contributed by atoms with Crippen LogP contribution in [0, 0.1) is 29.1 Å². The van der Waals surface area contributed by atoms with Crippen LogP contribution in [0.25, 0.3) is 0 Å². The first-order chi connectivity index (χ1) is 14.8. The second-order valence-corrected chi connectivity index (χ2v) is 9.81. The molecule has 0 spiro atoms. The first-order valence-electron chi connectivity index (χ1n) is 12.5. The summed E-state index contributed by atoms with van der Waals surface area (Å²) in [5, 5.41) is 8.97. The number of nitriles is 1. The summed E-state index contributed by atoms with van der Waals surface area (Å²) >= 11 is 0. The largest absolute Gasteiger partial charge is 0.251 e. The van der Waals surface area contributed by atoms with Gasteiger partial charge in [-0.3, -0.25) is 4.39 Å². The summed E-state index contributed by atoms with van der Waals surface area (Å²) in [5.41, 5.74) is 2.20. The van der Waals surface area contributed by atoms with Gasteiger partial charge in [0.25, 0.3) is 0 Å². The second-order valence-electron chi connectivity index (χ2n) is 9.81.